The second kappa shape index (κ2) is 8.76. The number of para-hydroxylation sites is 1. The van der Waals surface area contributed by atoms with Gasteiger partial charge in [-0.1, -0.05) is 64.5 Å². The largest absolute Gasteiger partial charge is 0.464 e. The third kappa shape index (κ3) is 3.80. The molecule has 0 bridgehead atoms. The highest BCUT2D eigenvalue weighted by atomic mass is 79.9. The van der Waals surface area contributed by atoms with Gasteiger partial charge in [-0.05, 0) is 29.1 Å². The molecule has 8 heteroatoms. The number of carbonyl (C=O) groups excluding carboxylic acids is 1. The summed E-state index contributed by atoms with van der Waals surface area (Å²) in [5.41, 5.74) is 1.00. The number of nitrogens with zero attached hydrogens (tertiary/aromatic N) is 2. The highest BCUT2D eigenvalue weighted by Gasteiger charge is 2.25. The maximum atomic E-state index is 13.5. The van der Waals surface area contributed by atoms with Crippen LogP contribution in [0.15, 0.2) is 82.1 Å². The maximum absolute atomic E-state index is 13.5. The van der Waals surface area contributed by atoms with Crippen molar-refractivity contribution in [1.82, 2.24) is 4.57 Å². The van der Waals surface area contributed by atoms with Crippen LogP contribution in [0.25, 0.3) is 21.9 Å². The van der Waals surface area contributed by atoms with Crippen molar-refractivity contribution in [2.75, 3.05) is 7.11 Å². The van der Waals surface area contributed by atoms with Crippen LogP contribution in [0.5, 0.6) is 0 Å². The van der Waals surface area contributed by atoms with Crippen LogP contribution in [0, 0.1) is 10.1 Å². The molecule has 0 atom stereocenters. The predicted molar refractivity (Wildman–Crippen MR) is 125 cm³/mol. The minimum atomic E-state index is -0.707. The van der Waals surface area contributed by atoms with Crippen molar-refractivity contribution in [1.29, 1.82) is 0 Å². The van der Waals surface area contributed by atoms with Gasteiger partial charge < -0.3 is 4.74 Å². The smallest absolute Gasteiger partial charge is 0.355 e. The van der Waals surface area contributed by atoms with E-state index in [-0.39, 0.29) is 17.9 Å². The van der Waals surface area contributed by atoms with Gasteiger partial charge in [0.15, 0.2) is 0 Å². The summed E-state index contributed by atoms with van der Waals surface area (Å²) in [6.07, 6.45) is 0. The highest BCUT2D eigenvalue weighted by molar-refractivity contribution is 9.10. The van der Waals surface area contributed by atoms with Crippen molar-refractivity contribution in [3.05, 3.63) is 109 Å². The Hall–Kier alpha value is -3.78. The van der Waals surface area contributed by atoms with Crippen LogP contribution < -0.4 is 5.56 Å². The van der Waals surface area contributed by atoms with E-state index in [1.165, 1.54) is 17.7 Å². The molecule has 160 valence electrons. The topological polar surface area (TPSA) is 91.4 Å². The fourth-order valence-electron chi connectivity index (χ4n) is 3.77. The van der Waals surface area contributed by atoms with E-state index in [1.54, 1.807) is 36.4 Å². The molecule has 0 saturated heterocycles. The maximum Gasteiger partial charge on any atom is 0.355 e. The molecular weight excluding hydrogens is 476 g/mol. The summed E-state index contributed by atoms with van der Waals surface area (Å²) in [5.74, 6) is -0.707. The average Bonchev–Trinajstić information content (AvgIpc) is 2.80. The molecule has 0 radical (unpaired) electrons. The molecule has 7 nitrogen and oxygen atoms in total. The zero-order valence-electron chi connectivity index (χ0n) is 16.9. The van der Waals surface area contributed by atoms with E-state index >= 15 is 0 Å². The van der Waals surface area contributed by atoms with Crippen LogP contribution in [0.3, 0.4) is 0 Å². The summed E-state index contributed by atoms with van der Waals surface area (Å²) in [7, 11) is 1.24. The number of pyridine rings is 1. The number of nitro benzene ring substituents is 1. The van der Waals surface area contributed by atoms with Crippen molar-refractivity contribution in [2.45, 2.75) is 6.54 Å². The van der Waals surface area contributed by atoms with Gasteiger partial charge in [-0.3, -0.25) is 19.5 Å². The SMILES string of the molecule is COC(=O)c1c(-c2ccccc2)c2cc(Br)ccc2c(=O)n1Cc1ccccc1[N+](=O)[O-]. The Labute approximate surface area is 191 Å². The number of carbonyl (C=O) groups is 1. The number of halogens is 1. The first kappa shape index (κ1) is 21.5. The van der Waals surface area contributed by atoms with Gasteiger partial charge >= 0.3 is 5.97 Å². The number of benzene rings is 3. The molecule has 0 aliphatic heterocycles. The molecule has 4 aromatic rings. The number of methoxy groups -OCH3 is 1. The average molecular weight is 493 g/mol. The Morgan fingerprint density at radius 3 is 2.41 bits per heavy atom. The Bertz CT molecular complexity index is 1410. The van der Waals surface area contributed by atoms with E-state index in [2.05, 4.69) is 15.9 Å². The molecule has 0 aliphatic carbocycles. The first-order chi connectivity index (χ1) is 15.4. The fraction of sp³-hybridized carbons (Fsp3) is 0.0833. The lowest BCUT2D eigenvalue weighted by molar-refractivity contribution is -0.385. The van der Waals surface area contributed by atoms with Crippen LogP contribution in [0.4, 0.5) is 5.69 Å². The summed E-state index contributed by atoms with van der Waals surface area (Å²) in [5, 5.41) is 12.5. The van der Waals surface area contributed by atoms with Crippen molar-refractivity contribution in [3.8, 4) is 11.1 Å². The standard InChI is InChI=1S/C24H17BrN2O5/c1-32-24(29)22-21(15-7-3-2-4-8-15)19-13-17(25)11-12-18(19)23(28)26(22)14-16-9-5-6-10-20(16)27(30)31/h2-13H,14H2,1H3. The van der Waals surface area contributed by atoms with E-state index in [0.717, 1.165) is 4.47 Å². The molecule has 3 aromatic carbocycles. The van der Waals surface area contributed by atoms with Gasteiger partial charge in [-0.25, -0.2) is 4.79 Å². The Morgan fingerprint density at radius 1 is 1.03 bits per heavy atom. The first-order valence-corrected chi connectivity index (χ1v) is 10.4. The molecule has 32 heavy (non-hydrogen) atoms. The molecule has 0 amide bonds. The number of rotatable bonds is 5. The number of fused-ring (bicyclic) bond motifs is 1. The van der Waals surface area contributed by atoms with Gasteiger partial charge in [-0.15, -0.1) is 0 Å². The summed E-state index contributed by atoms with van der Waals surface area (Å²) in [6.45, 7) is -0.160. The van der Waals surface area contributed by atoms with Crippen molar-refractivity contribution >= 4 is 38.4 Å². The lowest BCUT2D eigenvalue weighted by Gasteiger charge is -2.19. The van der Waals surface area contributed by atoms with Crippen LogP contribution in [-0.4, -0.2) is 22.6 Å². The van der Waals surface area contributed by atoms with Crippen LogP contribution in [-0.2, 0) is 11.3 Å². The zero-order chi connectivity index (χ0) is 22.8. The third-order valence-electron chi connectivity index (χ3n) is 5.19. The molecular formula is C24H17BrN2O5. The second-order valence-electron chi connectivity index (χ2n) is 7.05. The lowest BCUT2D eigenvalue weighted by atomic mass is 9.96. The molecule has 0 saturated carbocycles. The van der Waals surface area contributed by atoms with E-state index < -0.39 is 16.5 Å². The highest BCUT2D eigenvalue weighted by Crippen LogP contribution is 2.33. The fourth-order valence-corrected chi connectivity index (χ4v) is 4.13. The van der Waals surface area contributed by atoms with Crippen LogP contribution in [0.2, 0.25) is 0 Å². The van der Waals surface area contributed by atoms with E-state index in [9.17, 15) is 19.7 Å². The van der Waals surface area contributed by atoms with Gasteiger partial charge in [0, 0.05) is 27.1 Å². The normalized spacial score (nSPS) is 10.8. The first-order valence-electron chi connectivity index (χ1n) is 9.64. The number of hydrogen-bond acceptors (Lipinski definition) is 5. The molecule has 1 aromatic heterocycles. The van der Waals surface area contributed by atoms with Crippen molar-refractivity contribution in [3.63, 3.8) is 0 Å². The Morgan fingerprint density at radius 2 is 1.72 bits per heavy atom. The Kier molecular flexibility index (Phi) is 5.87. The molecule has 0 spiro atoms. The quantitative estimate of drug-likeness (QED) is 0.217. The summed E-state index contributed by atoms with van der Waals surface area (Å²) in [6, 6.07) is 20.5. The number of esters is 1. The van der Waals surface area contributed by atoms with Gasteiger partial charge in [0.2, 0.25) is 0 Å². The van der Waals surface area contributed by atoms with Crippen LogP contribution in [0.1, 0.15) is 16.1 Å². The van der Waals surface area contributed by atoms with Crippen molar-refractivity contribution < 1.29 is 14.5 Å². The van der Waals surface area contributed by atoms with Gasteiger partial charge in [0.1, 0.15) is 5.69 Å². The lowest BCUT2D eigenvalue weighted by Crippen LogP contribution is -2.29. The van der Waals surface area contributed by atoms with E-state index in [0.29, 0.717) is 27.5 Å². The molecule has 0 unspecified atom stereocenters. The number of hydrogen-bond donors (Lipinski definition) is 0. The monoisotopic (exact) mass is 492 g/mol. The minimum Gasteiger partial charge on any atom is -0.464 e. The summed E-state index contributed by atoms with van der Waals surface area (Å²) in [4.78, 5) is 37.5. The van der Waals surface area contributed by atoms with E-state index in [1.807, 2.05) is 30.3 Å². The van der Waals surface area contributed by atoms with Crippen molar-refractivity contribution in [2.24, 2.45) is 0 Å². The van der Waals surface area contributed by atoms with Gasteiger partial charge in [-0.2, -0.15) is 0 Å². The zero-order valence-corrected chi connectivity index (χ0v) is 18.5. The predicted octanol–water partition coefficient (Wildman–Crippen LogP) is 5.17. The number of ether oxygens (including phenoxy) is 1. The third-order valence-corrected chi connectivity index (χ3v) is 5.68. The Balaban J connectivity index is 2.13. The molecule has 0 N–H and O–H groups in total. The molecule has 4 rings (SSSR count). The minimum absolute atomic E-state index is 0.0347. The van der Waals surface area contributed by atoms with Gasteiger partial charge in [0.25, 0.3) is 11.2 Å². The van der Waals surface area contributed by atoms with Gasteiger partial charge in [0.05, 0.1) is 18.6 Å². The molecule has 0 aliphatic rings. The van der Waals surface area contributed by atoms with Crippen LogP contribution >= 0.6 is 15.9 Å². The summed E-state index contributed by atoms with van der Waals surface area (Å²) >= 11 is 3.44. The molecule has 0 fully saturated rings. The summed E-state index contributed by atoms with van der Waals surface area (Å²) < 4.78 is 7.05. The van der Waals surface area contributed by atoms with E-state index in [4.69, 9.17) is 4.74 Å². The number of nitro groups is 1. The molecule has 1 heterocycles. The number of aromatic nitrogens is 1. The second-order valence-corrected chi connectivity index (χ2v) is 7.96.